The average Bonchev–Trinajstić information content (AvgIpc) is 2.96. The molecule has 0 spiro atoms. The maximum Gasteiger partial charge on any atom is 0.264 e. The number of amidine groups is 1. The van der Waals surface area contributed by atoms with Crippen LogP contribution in [0, 0.1) is 6.92 Å². The Bertz CT molecular complexity index is 922. The van der Waals surface area contributed by atoms with Gasteiger partial charge in [-0.3, -0.25) is 4.79 Å². The molecule has 1 saturated heterocycles. The Morgan fingerprint density at radius 2 is 1.88 bits per heavy atom. The first kappa shape index (κ1) is 17.9. The van der Waals surface area contributed by atoms with Crippen LogP contribution < -0.4 is 14.8 Å². The first-order valence-corrected chi connectivity index (χ1v) is 8.63. The zero-order valence-corrected chi connectivity index (χ0v) is 15.4. The Kier molecular flexibility index (Phi) is 5.18. The Morgan fingerprint density at radius 1 is 1.12 bits per heavy atom. The quantitative estimate of drug-likeness (QED) is 0.804. The number of carbonyl (C=O) groups is 1. The summed E-state index contributed by atoms with van der Waals surface area (Å²) < 4.78 is 10.4. The van der Waals surface area contributed by atoms with Crippen molar-refractivity contribution in [2.75, 3.05) is 14.2 Å². The lowest BCUT2D eigenvalue weighted by Crippen LogP contribution is -2.19. The van der Waals surface area contributed by atoms with E-state index in [0.29, 0.717) is 27.3 Å². The predicted octanol–water partition coefficient (Wildman–Crippen LogP) is 3.61. The Hall–Kier alpha value is -2.93. The van der Waals surface area contributed by atoms with Gasteiger partial charge in [0.15, 0.2) is 16.7 Å². The van der Waals surface area contributed by atoms with Crippen molar-refractivity contribution in [3.8, 4) is 17.2 Å². The topological polar surface area (TPSA) is 80.2 Å². The molecule has 2 aromatic rings. The van der Waals surface area contributed by atoms with Gasteiger partial charge in [-0.15, -0.1) is 0 Å². The van der Waals surface area contributed by atoms with Crippen LogP contribution in [0.5, 0.6) is 17.2 Å². The van der Waals surface area contributed by atoms with E-state index in [2.05, 4.69) is 10.3 Å². The summed E-state index contributed by atoms with van der Waals surface area (Å²) in [5.41, 5.74) is 2.45. The van der Waals surface area contributed by atoms with Crippen LogP contribution in [0.3, 0.4) is 0 Å². The fraction of sp³-hybridized carbons (Fsp3) is 0.158. The van der Waals surface area contributed by atoms with Gasteiger partial charge in [0, 0.05) is 0 Å². The molecule has 6 nitrogen and oxygen atoms in total. The fourth-order valence-corrected chi connectivity index (χ4v) is 3.25. The van der Waals surface area contributed by atoms with Gasteiger partial charge in [0.2, 0.25) is 0 Å². The van der Waals surface area contributed by atoms with Crippen molar-refractivity contribution in [3.05, 3.63) is 52.4 Å². The van der Waals surface area contributed by atoms with Gasteiger partial charge in [0.25, 0.3) is 5.91 Å². The second kappa shape index (κ2) is 7.53. The Labute approximate surface area is 155 Å². The lowest BCUT2D eigenvalue weighted by atomic mass is 10.2. The van der Waals surface area contributed by atoms with E-state index in [4.69, 9.17) is 9.47 Å². The SMILES string of the molecule is COc1cc(/C=C2\SC(=Nc3cc(C)ccc3OC)NC2=O)ccc1O. The number of hydrogen-bond acceptors (Lipinski definition) is 6. The van der Waals surface area contributed by atoms with Crippen LogP contribution in [0.15, 0.2) is 46.3 Å². The van der Waals surface area contributed by atoms with Crippen LogP contribution >= 0.6 is 11.8 Å². The van der Waals surface area contributed by atoms with Gasteiger partial charge >= 0.3 is 0 Å². The number of aromatic hydroxyl groups is 1. The number of methoxy groups -OCH3 is 2. The summed E-state index contributed by atoms with van der Waals surface area (Å²) in [6, 6.07) is 10.6. The summed E-state index contributed by atoms with van der Waals surface area (Å²) in [5.74, 6) is 0.805. The van der Waals surface area contributed by atoms with Crippen LogP contribution in [-0.2, 0) is 4.79 Å². The third-order valence-electron chi connectivity index (χ3n) is 3.71. The summed E-state index contributed by atoms with van der Waals surface area (Å²) in [4.78, 5) is 17.2. The van der Waals surface area contributed by atoms with E-state index < -0.39 is 0 Å². The lowest BCUT2D eigenvalue weighted by Gasteiger charge is -2.05. The first-order valence-electron chi connectivity index (χ1n) is 7.81. The molecule has 0 unspecified atom stereocenters. The van der Waals surface area contributed by atoms with Gasteiger partial charge in [0.05, 0.1) is 19.1 Å². The molecule has 1 aliphatic rings. The molecule has 7 heteroatoms. The van der Waals surface area contributed by atoms with Crippen molar-refractivity contribution in [3.63, 3.8) is 0 Å². The van der Waals surface area contributed by atoms with Crippen molar-refractivity contribution in [2.24, 2.45) is 4.99 Å². The second-order valence-electron chi connectivity index (χ2n) is 5.59. The van der Waals surface area contributed by atoms with Crippen LogP contribution in [-0.4, -0.2) is 30.4 Å². The lowest BCUT2D eigenvalue weighted by molar-refractivity contribution is -0.115. The molecule has 0 aliphatic carbocycles. The second-order valence-corrected chi connectivity index (χ2v) is 6.62. The highest BCUT2D eigenvalue weighted by atomic mass is 32.2. The monoisotopic (exact) mass is 370 g/mol. The molecular formula is C19H18N2O4S. The maximum atomic E-state index is 12.2. The van der Waals surface area contributed by atoms with Crippen molar-refractivity contribution in [1.82, 2.24) is 5.32 Å². The number of thioether (sulfide) groups is 1. The molecular weight excluding hydrogens is 352 g/mol. The highest BCUT2D eigenvalue weighted by molar-refractivity contribution is 8.18. The number of ether oxygens (including phenoxy) is 2. The predicted molar refractivity (Wildman–Crippen MR) is 103 cm³/mol. The molecule has 1 amide bonds. The molecule has 1 aliphatic heterocycles. The van der Waals surface area contributed by atoms with Crippen molar-refractivity contribution in [2.45, 2.75) is 6.92 Å². The van der Waals surface area contributed by atoms with Crippen molar-refractivity contribution < 1.29 is 19.4 Å². The number of nitrogens with zero attached hydrogens (tertiary/aromatic N) is 1. The molecule has 0 saturated carbocycles. The molecule has 0 aromatic heterocycles. The summed E-state index contributed by atoms with van der Waals surface area (Å²) in [5, 5.41) is 12.9. The standard InChI is InChI=1S/C19H18N2O4S/c1-11-4-7-15(24-2)13(8-11)20-19-21-18(23)17(26-19)10-12-5-6-14(22)16(9-12)25-3/h4-10,22H,1-3H3,(H,20,21,23)/b17-10-. The maximum absolute atomic E-state index is 12.2. The summed E-state index contributed by atoms with van der Waals surface area (Å²) in [7, 11) is 3.06. The third kappa shape index (κ3) is 3.83. The molecule has 1 heterocycles. The van der Waals surface area contributed by atoms with Crippen molar-refractivity contribution in [1.29, 1.82) is 0 Å². The largest absolute Gasteiger partial charge is 0.504 e. The Balaban J connectivity index is 1.88. The number of amides is 1. The van der Waals surface area contributed by atoms with Gasteiger partial charge < -0.3 is 19.9 Å². The van der Waals surface area contributed by atoms with E-state index in [1.54, 1.807) is 25.3 Å². The first-order chi connectivity index (χ1) is 12.5. The van der Waals surface area contributed by atoms with Crippen LogP contribution in [0.4, 0.5) is 5.69 Å². The molecule has 26 heavy (non-hydrogen) atoms. The number of hydrogen-bond donors (Lipinski definition) is 2. The van der Waals surface area contributed by atoms with Gasteiger partial charge in [-0.25, -0.2) is 4.99 Å². The number of aryl methyl sites for hydroxylation is 1. The van der Waals surface area contributed by atoms with Gasteiger partial charge in [-0.1, -0.05) is 12.1 Å². The Morgan fingerprint density at radius 3 is 2.62 bits per heavy atom. The average molecular weight is 370 g/mol. The minimum atomic E-state index is -0.229. The number of nitrogens with one attached hydrogen (secondary N) is 1. The molecule has 3 rings (SSSR count). The van der Waals surface area contributed by atoms with Gasteiger partial charge in [-0.2, -0.15) is 0 Å². The summed E-state index contributed by atoms with van der Waals surface area (Å²) >= 11 is 1.24. The van der Waals surface area contributed by atoms with Gasteiger partial charge in [0.1, 0.15) is 11.4 Å². The van der Waals surface area contributed by atoms with E-state index in [9.17, 15) is 9.90 Å². The smallest absolute Gasteiger partial charge is 0.264 e. The van der Waals surface area contributed by atoms with E-state index in [1.165, 1.54) is 24.9 Å². The minimum Gasteiger partial charge on any atom is -0.504 e. The zero-order chi connectivity index (χ0) is 18.7. The molecule has 2 N–H and O–H groups in total. The molecule has 0 atom stereocenters. The van der Waals surface area contributed by atoms with E-state index >= 15 is 0 Å². The number of carbonyl (C=O) groups excluding carboxylic acids is 1. The number of aliphatic imine (C=N–C) groups is 1. The fourth-order valence-electron chi connectivity index (χ4n) is 2.41. The molecule has 1 fully saturated rings. The number of phenols is 1. The molecule has 0 bridgehead atoms. The summed E-state index contributed by atoms with van der Waals surface area (Å²) in [6.45, 7) is 1.97. The highest BCUT2D eigenvalue weighted by Crippen LogP contribution is 2.34. The van der Waals surface area contributed by atoms with Crippen LogP contribution in [0.1, 0.15) is 11.1 Å². The van der Waals surface area contributed by atoms with E-state index in [0.717, 1.165) is 11.1 Å². The van der Waals surface area contributed by atoms with E-state index in [1.807, 2.05) is 25.1 Å². The molecule has 134 valence electrons. The van der Waals surface area contributed by atoms with E-state index in [-0.39, 0.29) is 11.7 Å². The number of rotatable bonds is 4. The molecule has 2 aromatic carbocycles. The molecule has 0 radical (unpaired) electrons. The number of benzene rings is 2. The number of phenolic OH excluding ortho intramolecular Hbond substituents is 1. The minimum absolute atomic E-state index is 0.0481. The van der Waals surface area contributed by atoms with Gasteiger partial charge in [-0.05, 0) is 60.2 Å². The summed E-state index contributed by atoms with van der Waals surface area (Å²) in [6.07, 6.45) is 1.72. The van der Waals surface area contributed by atoms with Crippen molar-refractivity contribution >= 4 is 34.6 Å². The van der Waals surface area contributed by atoms with Crippen LogP contribution in [0.2, 0.25) is 0 Å². The third-order valence-corrected chi connectivity index (χ3v) is 4.62. The highest BCUT2D eigenvalue weighted by Gasteiger charge is 2.24. The zero-order valence-electron chi connectivity index (χ0n) is 14.6. The van der Waals surface area contributed by atoms with Crippen LogP contribution in [0.25, 0.3) is 6.08 Å². The normalized spacial score (nSPS) is 16.8.